The van der Waals surface area contributed by atoms with Gasteiger partial charge in [-0.05, 0) is 91.8 Å². The molecule has 4 heteroatoms. The van der Waals surface area contributed by atoms with Gasteiger partial charge < -0.3 is 9.47 Å². The van der Waals surface area contributed by atoms with Crippen molar-refractivity contribution in [3.05, 3.63) is 11.6 Å². The molecule has 0 aromatic rings. The number of rotatable bonds is 5. The summed E-state index contributed by atoms with van der Waals surface area (Å²) in [6.07, 6.45) is 13.7. The molecule has 0 bridgehead atoms. The Bertz CT molecular complexity index is 742. The molecule has 4 nitrogen and oxygen atoms in total. The predicted octanol–water partition coefficient (Wildman–Crippen LogP) is 6.09. The van der Waals surface area contributed by atoms with Gasteiger partial charge in [-0.15, -0.1) is 0 Å². The van der Waals surface area contributed by atoms with E-state index < -0.39 is 0 Å². The Morgan fingerprint density at radius 2 is 1.90 bits per heavy atom. The van der Waals surface area contributed by atoms with E-state index in [1.54, 1.807) is 5.57 Å². The molecular formula is C27H42O4. The van der Waals surface area contributed by atoms with Crippen LogP contribution in [0.3, 0.4) is 0 Å². The quantitative estimate of drug-likeness (QED) is 0.391. The third-order valence-corrected chi connectivity index (χ3v) is 10.2. The number of esters is 2. The number of fused-ring (bicyclic) bond motifs is 5. The van der Waals surface area contributed by atoms with Crippen LogP contribution in [0.5, 0.6) is 0 Å². The second-order valence-corrected chi connectivity index (χ2v) is 11.6. The third kappa shape index (κ3) is 3.97. The van der Waals surface area contributed by atoms with Crippen molar-refractivity contribution < 1.29 is 19.1 Å². The van der Waals surface area contributed by atoms with Crippen LogP contribution < -0.4 is 0 Å². The average molecular weight is 431 g/mol. The van der Waals surface area contributed by atoms with Crippen LogP contribution >= 0.6 is 0 Å². The molecule has 3 saturated carbocycles. The molecule has 0 aromatic carbocycles. The van der Waals surface area contributed by atoms with E-state index in [0.717, 1.165) is 49.4 Å². The van der Waals surface area contributed by atoms with Gasteiger partial charge in [0.15, 0.2) is 0 Å². The van der Waals surface area contributed by atoms with Gasteiger partial charge in [-0.1, -0.05) is 32.4 Å². The highest BCUT2D eigenvalue weighted by molar-refractivity contribution is 5.69. The molecule has 174 valence electrons. The first kappa shape index (κ1) is 22.9. The lowest BCUT2D eigenvalue weighted by Crippen LogP contribution is -2.51. The molecule has 3 fully saturated rings. The SMILES string of the molecule is COC(=O)CC[C@H](C)C1CCC2C3CC=C4C[C@@H](OC(C)=O)CC[C@]4(C)C3CC[C@@]21C. The van der Waals surface area contributed by atoms with Crippen molar-refractivity contribution in [1.29, 1.82) is 0 Å². The van der Waals surface area contributed by atoms with Crippen LogP contribution in [0.2, 0.25) is 0 Å². The summed E-state index contributed by atoms with van der Waals surface area (Å²) < 4.78 is 10.5. The standard InChI is InChI=1S/C27H42O4/c1-17(6-11-25(29)30-5)22-9-10-23-21-8-7-19-16-20(31-18(2)28)12-14-26(19,3)24(21)13-15-27(22,23)4/h7,17,20-24H,6,8-16H2,1-5H3/t17-,20-,21?,22?,23?,24?,26-,27+/m0/s1. The monoisotopic (exact) mass is 430 g/mol. The minimum atomic E-state index is -0.144. The molecule has 8 atom stereocenters. The molecule has 4 aliphatic rings. The number of hydrogen-bond donors (Lipinski definition) is 0. The molecular weight excluding hydrogens is 388 g/mol. The van der Waals surface area contributed by atoms with Crippen molar-refractivity contribution in [2.45, 2.75) is 98.0 Å². The summed E-state index contributed by atoms with van der Waals surface area (Å²) in [7, 11) is 1.49. The molecule has 0 spiro atoms. The Labute approximate surface area is 188 Å². The Morgan fingerprint density at radius 1 is 1.13 bits per heavy atom. The van der Waals surface area contributed by atoms with Crippen LogP contribution in [-0.2, 0) is 19.1 Å². The van der Waals surface area contributed by atoms with Gasteiger partial charge >= 0.3 is 11.9 Å². The van der Waals surface area contributed by atoms with E-state index >= 15 is 0 Å². The summed E-state index contributed by atoms with van der Waals surface area (Å²) in [5, 5.41) is 0. The Morgan fingerprint density at radius 3 is 2.61 bits per heavy atom. The summed E-state index contributed by atoms with van der Waals surface area (Å²) in [6.45, 7) is 8.97. The van der Waals surface area contributed by atoms with Gasteiger partial charge in [-0.25, -0.2) is 0 Å². The Balaban J connectivity index is 1.48. The fourth-order valence-electron chi connectivity index (χ4n) is 8.59. The first-order chi connectivity index (χ1) is 14.7. The van der Waals surface area contributed by atoms with Crippen LogP contribution in [0.1, 0.15) is 91.9 Å². The fourth-order valence-corrected chi connectivity index (χ4v) is 8.59. The molecule has 0 amide bonds. The van der Waals surface area contributed by atoms with Crippen molar-refractivity contribution in [2.75, 3.05) is 7.11 Å². The first-order valence-corrected chi connectivity index (χ1v) is 12.6. The number of ether oxygens (including phenoxy) is 2. The third-order valence-electron chi connectivity index (χ3n) is 10.2. The highest BCUT2D eigenvalue weighted by Gasteiger charge is 2.59. The summed E-state index contributed by atoms with van der Waals surface area (Å²) in [4.78, 5) is 23.1. The van der Waals surface area contributed by atoms with Crippen molar-refractivity contribution >= 4 is 11.9 Å². The van der Waals surface area contributed by atoms with Gasteiger partial charge in [0.25, 0.3) is 0 Å². The molecule has 0 N–H and O–H groups in total. The topological polar surface area (TPSA) is 52.6 Å². The van der Waals surface area contributed by atoms with Crippen molar-refractivity contribution in [2.24, 2.45) is 40.4 Å². The van der Waals surface area contributed by atoms with Crippen LogP contribution in [0.4, 0.5) is 0 Å². The zero-order valence-electron chi connectivity index (χ0n) is 20.2. The molecule has 0 aliphatic heterocycles. The first-order valence-electron chi connectivity index (χ1n) is 12.6. The maximum Gasteiger partial charge on any atom is 0.305 e. The van der Waals surface area contributed by atoms with Gasteiger partial charge in [0.05, 0.1) is 7.11 Å². The second-order valence-electron chi connectivity index (χ2n) is 11.6. The molecule has 4 unspecified atom stereocenters. The fraction of sp³-hybridized carbons (Fsp3) is 0.852. The number of methoxy groups -OCH3 is 1. The van der Waals surface area contributed by atoms with Gasteiger partial charge in [-0.3, -0.25) is 9.59 Å². The van der Waals surface area contributed by atoms with E-state index in [-0.39, 0.29) is 23.5 Å². The highest BCUT2D eigenvalue weighted by Crippen LogP contribution is 2.67. The summed E-state index contributed by atoms with van der Waals surface area (Å²) in [5.74, 6) is 3.45. The average Bonchev–Trinajstić information content (AvgIpc) is 3.09. The van der Waals surface area contributed by atoms with E-state index in [9.17, 15) is 9.59 Å². The van der Waals surface area contributed by atoms with E-state index in [2.05, 4.69) is 26.8 Å². The number of carbonyl (C=O) groups is 2. The minimum absolute atomic E-state index is 0.0718. The van der Waals surface area contributed by atoms with Crippen molar-refractivity contribution in [3.63, 3.8) is 0 Å². The van der Waals surface area contributed by atoms with Crippen LogP contribution in [0.25, 0.3) is 0 Å². The lowest BCUT2D eigenvalue weighted by Gasteiger charge is -2.58. The van der Waals surface area contributed by atoms with Crippen LogP contribution in [-0.4, -0.2) is 25.2 Å². The van der Waals surface area contributed by atoms with Gasteiger partial charge in [0, 0.05) is 19.8 Å². The number of hydrogen-bond acceptors (Lipinski definition) is 4. The van der Waals surface area contributed by atoms with E-state index in [4.69, 9.17) is 9.47 Å². The minimum Gasteiger partial charge on any atom is -0.469 e. The van der Waals surface area contributed by atoms with Gasteiger partial charge in [-0.2, -0.15) is 0 Å². The molecule has 0 saturated heterocycles. The van der Waals surface area contributed by atoms with Gasteiger partial charge in [0.2, 0.25) is 0 Å². The zero-order valence-corrected chi connectivity index (χ0v) is 20.2. The van der Waals surface area contributed by atoms with Gasteiger partial charge in [0.1, 0.15) is 6.10 Å². The summed E-state index contributed by atoms with van der Waals surface area (Å²) in [6, 6.07) is 0. The second kappa shape index (κ2) is 8.56. The normalized spacial score (nSPS) is 42.5. The number of carbonyl (C=O) groups excluding carboxylic acids is 2. The van der Waals surface area contributed by atoms with Crippen molar-refractivity contribution in [1.82, 2.24) is 0 Å². The zero-order chi connectivity index (χ0) is 22.4. The lowest BCUT2D eigenvalue weighted by atomic mass is 9.47. The maximum absolute atomic E-state index is 11.7. The van der Waals surface area contributed by atoms with E-state index in [1.165, 1.54) is 46.1 Å². The highest BCUT2D eigenvalue weighted by atomic mass is 16.5. The Hall–Kier alpha value is -1.32. The van der Waals surface area contributed by atoms with E-state index in [0.29, 0.717) is 17.8 Å². The summed E-state index contributed by atoms with van der Waals surface area (Å²) in [5.41, 5.74) is 2.26. The summed E-state index contributed by atoms with van der Waals surface area (Å²) >= 11 is 0. The molecule has 4 rings (SSSR count). The molecule has 4 aliphatic carbocycles. The Kier molecular flexibility index (Phi) is 6.31. The largest absolute Gasteiger partial charge is 0.469 e. The van der Waals surface area contributed by atoms with E-state index in [1.807, 2.05) is 0 Å². The van der Waals surface area contributed by atoms with Crippen molar-refractivity contribution in [3.8, 4) is 0 Å². The molecule has 31 heavy (non-hydrogen) atoms. The predicted molar refractivity (Wildman–Crippen MR) is 121 cm³/mol. The number of allylic oxidation sites excluding steroid dienone is 1. The molecule has 0 aromatic heterocycles. The maximum atomic E-state index is 11.7. The van der Waals surface area contributed by atoms with Crippen LogP contribution in [0.15, 0.2) is 11.6 Å². The lowest BCUT2D eigenvalue weighted by molar-refractivity contribution is -0.148. The smallest absolute Gasteiger partial charge is 0.305 e. The molecule has 0 heterocycles. The molecule has 0 radical (unpaired) electrons. The van der Waals surface area contributed by atoms with Crippen LogP contribution in [0, 0.1) is 40.4 Å².